The first-order valence-corrected chi connectivity index (χ1v) is 6.88. The zero-order chi connectivity index (χ0) is 12.3. The smallest absolute Gasteiger partial charge is 0.0795 e. The zero-order valence-electron chi connectivity index (χ0n) is 10.3. The first kappa shape index (κ1) is 12.3. The second kappa shape index (κ2) is 5.42. The maximum absolute atomic E-state index is 6.15. The number of nitrogens with two attached hydrogens (primary N) is 1. The first-order chi connectivity index (χ1) is 8.24. The normalized spacial score (nSPS) is 12.9. The molecule has 0 aliphatic heterocycles. The lowest BCUT2D eigenvalue weighted by Crippen LogP contribution is -2.16. The lowest BCUT2D eigenvalue weighted by Gasteiger charge is -2.09. The van der Waals surface area contributed by atoms with E-state index in [-0.39, 0.29) is 6.04 Å². The highest BCUT2D eigenvalue weighted by molar-refractivity contribution is 7.07. The molecule has 0 aromatic carbocycles. The van der Waals surface area contributed by atoms with E-state index in [0.717, 1.165) is 30.8 Å². The molecule has 0 saturated heterocycles. The van der Waals surface area contributed by atoms with Gasteiger partial charge in [-0.3, -0.25) is 4.68 Å². The molecule has 2 aromatic rings. The van der Waals surface area contributed by atoms with Crippen molar-refractivity contribution >= 4 is 11.3 Å². The average molecular weight is 250 g/mol. The van der Waals surface area contributed by atoms with Crippen LogP contribution in [0.15, 0.2) is 17.0 Å². The molecule has 0 bridgehead atoms. The Labute approximate surface area is 105 Å². The van der Waals surface area contributed by atoms with Gasteiger partial charge in [-0.25, -0.2) is 4.98 Å². The predicted molar refractivity (Wildman–Crippen MR) is 70.0 cm³/mol. The third-order valence-corrected chi connectivity index (χ3v) is 3.44. The summed E-state index contributed by atoms with van der Waals surface area (Å²) in [5, 5.41) is 6.54. The van der Waals surface area contributed by atoms with Crippen LogP contribution in [0.5, 0.6) is 0 Å². The Hall–Kier alpha value is -1.20. The van der Waals surface area contributed by atoms with Gasteiger partial charge in [-0.15, -0.1) is 11.3 Å². The Bertz CT molecular complexity index is 461. The summed E-state index contributed by atoms with van der Waals surface area (Å²) in [6.07, 6.45) is 1.76. The van der Waals surface area contributed by atoms with E-state index in [1.807, 2.05) is 15.6 Å². The molecule has 0 aliphatic rings. The van der Waals surface area contributed by atoms with Crippen LogP contribution in [-0.4, -0.2) is 14.8 Å². The van der Waals surface area contributed by atoms with E-state index < -0.39 is 0 Å². The molecule has 17 heavy (non-hydrogen) atoms. The van der Waals surface area contributed by atoms with Gasteiger partial charge in [-0.2, -0.15) is 5.10 Å². The van der Waals surface area contributed by atoms with Crippen molar-refractivity contribution in [1.82, 2.24) is 14.8 Å². The molecule has 2 aromatic heterocycles. The van der Waals surface area contributed by atoms with Gasteiger partial charge >= 0.3 is 0 Å². The molecule has 0 aliphatic carbocycles. The molecule has 1 unspecified atom stereocenters. The van der Waals surface area contributed by atoms with Crippen LogP contribution in [0.2, 0.25) is 0 Å². The van der Waals surface area contributed by atoms with Crippen LogP contribution < -0.4 is 5.73 Å². The highest BCUT2D eigenvalue weighted by atomic mass is 32.1. The van der Waals surface area contributed by atoms with Gasteiger partial charge in [0.15, 0.2) is 0 Å². The zero-order valence-corrected chi connectivity index (χ0v) is 11.1. The van der Waals surface area contributed by atoms with Crippen molar-refractivity contribution in [2.24, 2.45) is 5.73 Å². The van der Waals surface area contributed by atoms with Crippen LogP contribution in [0.3, 0.4) is 0 Å². The van der Waals surface area contributed by atoms with Crippen LogP contribution in [0.4, 0.5) is 0 Å². The summed E-state index contributed by atoms with van der Waals surface area (Å²) in [7, 11) is 0. The lowest BCUT2D eigenvalue weighted by molar-refractivity contribution is 0.581. The maximum atomic E-state index is 6.15. The largest absolute Gasteiger partial charge is 0.322 e. The molecule has 0 spiro atoms. The number of aromatic nitrogens is 3. The minimum absolute atomic E-state index is 0.0343. The molecule has 2 rings (SSSR count). The molecular weight excluding hydrogens is 232 g/mol. The van der Waals surface area contributed by atoms with Gasteiger partial charge in [0.05, 0.1) is 22.9 Å². The van der Waals surface area contributed by atoms with Crippen molar-refractivity contribution < 1.29 is 0 Å². The van der Waals surface area contributed by atoms with Crippen LogP contribution in [0, 0.1) is 0 Å². The van der Waals surface area contributed by atoms with Crippen LogP contribution in [0.1, 0.15) is 37.0 Å². The van der Waals surface area contributed by atoms with E-state index in [4.69, 9.17) is 5.73 Å². The number of nitrogens with zero attached hydrogens (tertiary/aromatic N) is 3. The topological polar surface area (TPSA) is 56.7 Å². The second-order valence-electron chi connectivity index (χ2n) is 4.02. The van der Waals surface area contributed by atoms with Crippen molar-refractivity contribution in [3.63, 3.8) is 0 Å². The summed E-state index contributed by atoms with van der Waals surface area (Å²) in [4.78, 5) is 4.26. The van der Waals surface area contributed by atoms with E-state index in [9.17, 15) is 0 Å². The Balaban J connectivity index is 2.15. The number of hydrogen-bond donors (Lipinski definition) is 1. The Kier molecular flexibility index (Phi) is 3.91. The van der Waals surface area contributed by atoms with Gasteiger partial charge in [0, 0.05) is 24.0 Å². The summed E-state index contributed by atoms with van der Waals surface area (Å²) >= 11 is 1.58. The third-order valence-electron chi connectivity index (χ3n) is 2.84. The van der Waals surface area contributed by atoms with Crippen LogP contribution in [-0.2, 0) is 19.4 Å². The van der Waals surface area contributed by atoms with Crippen molar-refractivity contribution in [1.29, 1.82) is 0 Å². The standard InChI is InChI=1S/C12H18N4S/c1-3-9-5-10(16(4-2)15-9)6-11(13)12-7-17-8-14-12/h5,7-8,11H,3-4,6,13H2,1-2H3. The number of hydrogen-bond acceptors (Lipinski definition) is 4. The summed E-state index contributed by atoms with van der Waals surface area (Å²) in [6, 6.07) is 2.11. The fourth-order valence-corrected chi connectivity index (χ4v) is 2.48. The SMILES string of the molecule is CCc1cc(CC(N)c2cscn2)n(CC)n1. The molecule has 2 N–H and O–H groups in total. The summed E-state index contributed by atoms with van der Waals surface area (Å²) in [5.41, 5.74) is 11.3. The first-order valence-electron chi connectivity index (χ1n) is 5.93. The summed E-state index contributed by atoms with van der Waals surface area (Å²) in [6.45, 7) is 5.11. The molecular formula is C12H18N4S. The summed E-state index contributed by atoms with van der Waals surface area (Å²) in [5.74, 6) is 0. The quantitative estimate of drug-likeness (QED) is 0.884. The molecule has 0 amide bonds. The van der Waals surface area contributed by atoms with Crippen molar-refractivity contribution in [3.05, 3.63) is 34.0 Å². The van der Waals surface area contributed by atoms with Gasteiger partial charge in [-0.05, 0) is 19.4 Å². The highest BCUT2D eigenvalue weighted by Gasteiger charge is 2.13. The maximum Gasteiger partial charge on any atom is 0.0795 e. The van der Waals surface area contributed by atoms with E-state index in [1.54, 1.807) is 11.3 Å². The lowest BCUT2D eigenvalue weighted by atomic mass is 10.1. The molecule has 4 nitrogen and oxygen atoms in total. The molecule has 0 radical (unpaired) electrons. The third kappa shape index (κ3) is 2.73. The summed E-state index contributed by atoms with van der Waals surface area (Å²) < 4.78 is 2.03. The van der Waals surface area contributed by atoms with Gasteiger partial charge < -0.3 is 5.73 Å². The van der Waals surface area contributed by atoms with Crippen molar-refractivity contribution in [3.8, 4) is 0 Å². The second-order valence-corrected chi connectivity index (χ2v) is 4.74. The molecule has 1 atom stereocenters. The monoisotopic (exact) mass is 250 g/mol. The van der Waals surface area contributed by atoms with Gasteiger partial charge in [0.2, 0.25) is 0 Å². The fourth-order valence-electron chi connectivity index (χ4n) is 1.86. The van der Waals surface area contributed by atoms with E-state index in [1.165, 1.54) is 5.69 Å². The minimum atomic E-state index is -0.0343. The number of aryl methyl sites for hydroxylation is 2. The van der Waals surface area contributed by atoms with Crippen molar-refractivity contribution in [2.75, 3.05) is 0 Å². The van der Waals surface area contributed by atoms with Gasteiger partial charge in [-0.1, -0.05) is 6.92 Å². The van der Waals surface area contributed by atoms with Crippen LogP contribution >= 0.6 is 11.3 Å². The van der Waals surface area contributed by atoms with E-state index >= 15 is 0 Å². The predicted octanol–water partition coefficient (Wildman–Crippen LogP) is 2.16. The molecule has 92 valence electrons. The van der Waals surface area contributed by atoms with Crippen molar-refractivity contribution in [2.45, 2.75) is 39.3 Å². The Morgan fingerprint density at radius 3 is 2.88 bits per heavy atom. The molecule has 5 heteroatoms. The Morgan fingerprint density at radius 2 is 2.29 bits per heavy atom. The molecule has 0 fully saturated rings. The van der Waals surface area contributed by atoms with Gasteiger partial charge in [0.1, 0.15) is 0 Å². The average Bonchev–Trinajstić information content (AvgIpc) is 2.97. The van der Waals surface area contributed by atoms with Gasteiger partial charge in [0.25, 0.3) is 0 Å². The van der Waals surface area contributed by atoms with E-state index in [2.05, 4.69) is 30.0 Å². The fraction of sp³-hybridized carbons (Fsp3) is 0.500. The van der Waals surface area contributed by atoms with E-state index in [0.29, 0.717) is 0 Å². The molecule has 0 saturated carbocycles. The number of thiazole rings is 1. The minimum Gasteiger partial charge on any atom is -0.322 e. The Morgan fingerprint density at radius 1 is 1.47 bits per heavy atom. The highest BCUT2D eigenvalue weighted by Crippen LogP contribution is 2.17. The molecule has 2 heterocycles. The van der Waals surface area contributed by atoms with Crippen LogP contribution in [0.25, 0.3) is 0 Å². The number of rotatable bonds is 5.